The summed E-state index contributed by atoms with van der Waals surface area (Å²) in [6.45, 7) is 2.93. The fraction of sp³-hybridized carbons (Fsp3) is 0.211. The maximum atomic E-state index is 6.00. The fourth-order valence-corrected chi connectivity index (χ4v) is 3.67. The standard InChI is InChI=1S/C19H19ClN2O2S/c1-4-22-17(13-5-7-14(20)8-6-13)12-25-19(22)21-16-10-9-15(23-2)11-18(16)24-3/h5-12H,4H2,1-3H3. The van der Waals surface area contributed by atoms with E-state index < -0.39 is 0 Å². The lowest BCUT2D eigenvalue weighted by Gasteiger charge is -2.08. The van der Waals surface area contributed by atoms with Gasteiger partial charge in [-0.1, -0.05) is 23.7 Å². The summed E-state index contributed by atoms with van der Waals surface area (Å²) in [4.78, 5) is 5.71. The lowest BCUT2D eigenvalue weighted by Crippen LogP contribution is -2.14. The Morgan fingerprint density at radius 1 is 1.08 bits per heavy atom. The number of halogens is 1. The van der Waals surface area contributed by atoms with Gasteiger partial charge in [-0.15, -0.1) is 11.3 Å². The number of methoxy groups -OCH3 is 2. The lowest BCUT2D eigenvalue weighted by molar-refractivity contribution is 0.395. The van der Waals surface area contributed by atoms with Crippen molar-refractivity contribution in [1.82, 2.24) is 4.57 Å². The SMILES string of the molecule is CCn1c(-c2ccc(Cl)cc2)csc1=Nc1ccc(OC)cc1OC. The Bertz CT molecular complexity index is 929. The Labute approximate surface area is 156 Å². The van der Waals surface area contributed by atoms with Crippen LogP contribution in [0.15, 0.2) is 52.8 Å². The first kappa shape index (κ1) is 17.6. The zero-order valence-electron chi connectivity index (χ0n) is 14.3. The van der Waals surface area contributed by atoms with Crippen LogP contribution in [0.1, 0.15) is 6.92 Å². The van der Waals surface area contributed by atoms with E-state index in [2.05, 4.69) is 16.9 Å². The molecule has 0 fully saturated rings. The minimum Gasteiger partial charge on any atom is -0.497 e. The van der Waals surface area contributed by atoms with Gasteiger partial charge in [0.25, 0.3) is 0 Å². The van der Waals surface area contributed by atoms with Crippen LogP contribution in [0, 0.1) is 0 Å². The number of hydrogen-bond donors (Lipinski definition) is 0. The lowest BCUT2D eigenvalue weighted by atomic mass is 10.2. The average molecular weight is 375 g/mol. The van der Waals surface area contributed by atoms with E-state index in [4.69, 9.17) is 26.1 Å². The van der Waals surface area contributed by atoms with E-state index in [0.29, 0.717) is 5.75 Å². The van der Waals surface area contributed by atoms with Crippen molar-refractivity contribution in [2.45, 2.75) is 13.5 Å². The van der Waals surface area contributed by atoms with Crippen molar-refractivity contribution in [3.63, 3.8) is 0 Å². The summed E-state index contributed by atoms with van der Waals surface area (Å²) in [5.41, 5.74) is 3.01. The molecule has 6 heteroatoms. The number of aromatic nitrogens is 1. The number of benzene rings is 2. The second-order valence-electron chi connectivity index (χ2n) is 5.30. The van der Waals surface area contributed by atoms with E-state index in [-0.39, 0.29) is 0 Å². The molecule has 3 aromatic rings. The molecule has 0 aliphatic heterocycles. The molecule has 25 heavy (non-hydrogen) atoms. The molecular weight excluding hydrogens is 356 g/mol. The third-order valence-corrected chi connectivity index (χ3v) is 4.97. The maximum absolute atomic E-state index is 6.00. The number of hydrogen-bond acceptors (Lipinski definition) is 4. The second kappa shape index (κ2) is 7.76. The monoisotopic (exact) mass is 374 g/mol. The zero-order valence-corrected chi connectivity index (χ0v) is 15.9. The van der Waals surface area contributed by atoms with E-state index >= 15 is 0 Å². The van der Waals surface area contributed by atoms with E-state index in [0.717, 1.165) is 39.1 Å². The van der Waals surface area contributed by atoms with Crippen molar-refractivity contribution in [2.75, 3.05) is 14.2 Å². The molecule has 0 aliphatic carbocycles. The van der Waals surface area contributed by atoms with Crippen LogP contribution in [0.25, 0.3) is 11.3 Å². The van der Waals surface area contributed by atoms with Gasteiger partial charge in [0.15, 0.2) is 4.80 Å². The molecule has 1 heterocycles. The molecule has 2 aromatic carbocycles. The fourth-order valence-electron chi connectivity index (χ4n) is 2.56. The molecular formula is C19H19ClN2O2S. The summed E-state index contributed by atoms with van der Waals surface area (Å²) in [6, 6.07) is 13.5. The van der Waals surface area contributed by atoms with Crippen molar-refractivity contribution in [1.29, 1.82) is 0 Å². The minimum atomic E-state index is 0.684. The summed E-state index contributed by atoms with van der Waals surface area (Å²) < 4.78 is 12.9. The average Bonchev–Trinajstić information content (AvgIpc) is 3.05. The molecule has 0 amide bonds. The van der Waals surface area contributed by atoms with Crippen molar-refractivity contribution >= 4 is 28.6 Å². The summed E-state index contributed by atoms with van der Waals surface area (Å²) >= 11 is 7.60. The molecule has 0 unspecified atom stereocenters. The summed E-state index contributed by atoms with van der Waals surface area (Å²) in [7, 11) is 3.27. The van der Waals surface area contributed by atoms with Gasteiger partial charge >= 0.3 is 0 Å². The highest BCUT2D eigenvalue weighted by Gasteiger charge is 2.09. The normalized spacial score (nSPS) is 11.6. The molecule has 1 aromatic heterocycles. The van der Waals surface area contributed by atoms with Crippen molar-refractivity contribution in [2.24, 2.45) is 4.99 Å². The first-order valence-corrected chi connectivity index (χ1v) is 9.13. The quantitative estimate of drug-likeness (QED) is 0.619. The third-order valence-electron chi connectivity index (χ3n) is 3.86. The summed E-state index contributed by atoms with van der Waals surface area (Å²) in [5, 5.41) is 2.84. The predicted octanol–water partition coefficient (Wildman–Crippen LogP) is 5.14. The van der Waals surface area contributed by atoms with E-state index in [1.54, 1.807) is 25.6 Å². The van der Waals surface area contributed by atoms with Gasteiger partial charge in [-0.2, -0.15) is 0 Å². The van der Waals surface area contributed by atoms with Gasteiger partial charge < -0.3 is 14.0 Å². The van der Waals surface area contributed by atoms with E-state index in [9.17, 15) is 0 Å². The van der Waals surface area contributed by atoms with Gasteiger partial charge in [0.05, 0.1) is 19.9 Å². The third kappa shape index (κ3) is 3.72. The predicted molar refractivity (Wildman–Crippen MR) is 103 cm³/mol. The number of ether oxygens (including phenoxy) is 2. The van der Waals surface area contributed by atoms with Gasteiger partial charge in [0, 0.05) is 23.0 Å². The molecule has 0 radical (unpaired) electrons. The molecule has 0 spiro atoms. The van der Waals surface area contributed by atoms with Crippen LogP contribution in [-0.2, 0) is 6.54 Å². The molecule has 0 saturated carbocycles. The Hall–Kier alpha value is -2.24. The van der Waals surface area contributed by atoms with Gasteiger partial charge in [0.2, 0.25) is 0 Å². The maximum Gasteiger partial charge on any atom is 0.190 e. The summed E-state index contributed by atoms with van der Waals surface area (Å²) in [5.74, 6) is 1.43. The molecule has 0 aliphatic rings. The van der Waals surface area contributed by atoms with Crippen molar-refractivity contribution in [3.8, 4) is 22.8 Å². The Morgan fingerprint density at radius 2 is 1.84 bits per heavy atom. The minimum absolute atomic E-state index is 0.684. The van der Waals surface area contributed by atoms with Crippen LogP contribution in [0.3, 0.4) is 0 Å². The zero-order chi connectivity index (χ0) is 17.8. The highest BCUT2D eigenvalue weighted by atomic mass is 35.5. The van der Waals surface area contributed by atoms with Gasteiger partial charge in [-0.3, -0.25) is 0 Å². The van der Waals surface area contributed by atoms with E-state index in [1.807, 2.05) is 42.5 Å². The molecule has 4 nitrogen and oxygen atoms in total. The van der Waals surface area contributed by atoms with Gasteiger partial charge in [0.1, 0.15) is 17.2 Å². The van der Waals surface area contributed by atoms with Crippen LogP contribution in [-0.4, -0.2) is 18.8 Å². The van der Waals surface area contributed by atoms with Crippen molar-refractivity contribution < 1.29 is 9.47 Å². The Balaban J connectivity index is 2.09. The highest BCUT2D eigenvalue weighted by Crippen LogP contribution is 2.31. The topological polar surface area (TPSA) is 35.8 Å². The Kier molecular flexibility index (Phi) is 5.46. The first-order valence-electron chi connectivity index (χ1n) is 7.87. The molecule has 130 valence electrons. The number of nitrogens with zero attached hydrogens (tertiary/aromatic N) is 2. The second-order valence-corrected chi connectivity index (χ2v) is 6.58. The number of thiazole rings is 1. The Morgan fingerprint density at radius 3 is 2.48 bits per heavy atom. The van der Waals surface area contributed by atoms with Gasteiger partial charge in [-0.25, -0.2) is 4.99 Å². The molecule has 0 bridgehead atoms. The molecule has 0 N–H and O–H groups in total. The molecule has 3 rings (SSSR count). The van der Waals surface area contributed by atoms with Gasteiger partial charge in [-0.05, 0) is 36.8 Å². The van der Waals surface area contributed by atoms with Crippen LogP contribution in [0.4, 0.5) is 5.69 Å². The van der Waals surface area contributed by atoms with Crippen LogP contribution < -0.4 is 14.3 Å². The van der Waals surface area contributed by atoms with E-state index in [1.165, 1.54) is 0 Å². The highest BCUT2D eigenvalue weighted by molar-refractivity contribution is 7.07. The first-order chi connectivity index (χ1) is 12.2. The number of rotatable bonds is 5. The smallest absolute Gasteiger partial charge is 0.190 e. The van der Waals surface area contributed by atoms with Crippen LogP contribution >= 0.6 is 22.9 Å². The largest absolute Gasteiger partial charge is 0.497 e. The van der Waals surface area contributed by atoms with Crippen LogP contribution in [0.5, 0.6) is 11.5 Å². The van der Waals surface area contributed by atoms with Crippen molar-refractivity contribution in [3.05, 3.63) is 57.7 Å². The van der Waals surface area contributed by atoms with Crippen LogP contribution in [0.2, 0.25) is 5.02 Å². The molecule has 0 atom stereocenters. The summed E-state index contributed by atoms with van der Waals surface area (Å²) in [6.07, 6.45) is 0. The molecule has 0 saturated heterocycles.